The van der Waals surface area contributed by atoms with Gasteiger partial charge in [0.15, 0.2) is 5.58 Å². The van der Waals surface area contributed by atoms with Gasteiger partial charge in [0.05, 0.1) is 10.7 Å². The van der Waals surface area contributed by atoms with Crippen molar-refractivity contribution in [3.8, 4) is 0 Å². The molecule has 4 nitrogen and oxygen atoms in total. The van der Waals surface area contributed by atoms with Crippen molar-refractivity contribution < 1.29 is 13.7 Å². The van der Waals surface area contributed by atoms with Crippen molar-refractivity contribution in [2.45, 2.75) is 44.1 Å². The third kappa shape index (κ3) is 3.35. The lowest BCUT2D eigenvalue weighted by Crippen LogP contribution is -2.48. The minimum Gasteiger partial charge on any atom is -0.488 e. The van der Waals surface area contributed by atoms with Crippen LogP contribution in [-0.2, 0) is 11.2 Å². The van der Waals surface area contributed by atoms with Crippen molar-refractivity contribution in [1.29, 1.82) is 0 Å². The zero-order chi connectivity index (χ0) is 19.1. The summed E-state index contributed by atoms with van der Waals surface area (Å²) < 4.78 is 25.0. The molecule has 2 saturated heterocycles. The van der Waals surface area contributed by atoms with Gasteiger partial charge in [-0.1, -0.05) is 22.8 Å². The minimum atomic E-state index is -0.295. The Labute approximate surface area is 168 Å². The summed E-state index contributed by atoms with van der Waals surface area (Å²) in [7, 11) is 0. The predicted octanol–water partition coefficient (Wildman–Crippen LogP) is 5.18. The number of benzene rings is 1. The second-order valence-electron chi connectivity index (χ2n) is 8.29. The number of nitrogens with zero attached hydrogens (tertiary/aromatic N) is 2. The Morgan fingerprint density at radius 3 is 3.18 bits per heavy atom. The first-order chi connectivity index (χ1) is 13.6. The normalized spacial score (nSPS) is 27.6. The van der Waals surface area contributed by atoms with E-state index >= 15 is 0 Å². The van der Waals surface area contributed by atoms with Crippen LogP contribution in [0.1, 0.15) is 37.8 Å². The molecule has 2 fully saturated rings. The van der Waals surface area contributed by atoms with Gasteiger partial charge in [0.25, 0.3) is 0 Å². The summed E-state index contributed by atoms with van der Waals surface area (Å²) in [6.07, 6.45) is 10.3. The topological polar surface area (TPSA) is 38.5 Å². The van der Waals surface area contributed by atoms with Crippen LogP contribution in [0.5, 0.6) is 0 Å². The van der Waals surface area contributed by atoms with Crippen molar-refractivity contribution in [2.24, 2.45) is 5.92 Å². The summed E-state index contributed by atoms with van der Waals surface area (Å²) in [5.41, 5.74) is 1.35. The fourth-order valence-electron chi connectivity index (χ4n) is 5.00. The molecule has 2 unspecified atom stereocenters. The van der Waals surface area contributed by atoms with Gasteiger partial charge < -0.3 is 9.26 Å². The molecule has 1 aromatic carbocycles. The van der Waals surface area contributed by atoms with Crippen LogP contribution in [0, 0.1) is 11.7 Å². The number of rotatable bonds is 4. The molecule has 2 atom stereocenters. The number of allylic oxidation sites excluding steroid dienone is 4. The smallest absolute Gasteiger partial charge is 0.170 e. The zero-order valence-corrected chi connectivity index (χ0v) is 16.6. The molecule has 5 rings (SSSR count). The van der Waals surface area contributed by atoms with E-state index in [9.17, 15) is 4.39 Å². The van der Waals surface area contributed by atoms with Crippen LogP contribution in [0.3, 0.4) is 0 Å². The summed E-state index contributed by atoms with van der Waals surface area (Å²) in [4.78, 5) is 2.50. The Morgan fingerprint density at radius 2 is 2.29 bits per heavy atom. The van der Waals surface area contributed by atoms with E-state index in [0.717, 1.165) is 80.0 Å². The molecule has 0 radical (unpaired) electrons. The van der Waals surface area contributed by atoms with Crippen LogP contribution in [0.2, 0.25) is 0 Å². The molecule has 1 spiro atoms. The second-order valence-corrected chi connectivity index (χ2v) is 8.70. The number of piperidine rings is 1. The van der Waals surface area contributed by atoms with E-state index in [2.05, 4.69) is 16.1 Å². The summed E-state index contributed by atoms with van der Waals surface area (Å²) in [6.45, 7) is 3.06. The fraction of sp³-hybridized carbons (Fsp3) is 0.500. The Kier molecular flexibility index (Phi) is 4.68. The van der Waals surface area contributed by atoms with Crippen LogP contribution < -0.4 is 0 Å². The van der Waals surface area contributed by atoms with Gasteiger partial charge in [0.2, 0.25) is 0 Å². The maximum Gasteiger partial charge on any atom is 0.170 e. The third-order valence-electron chi connectivity index (χ3n) is 6.25. The summed E-state index contributed by atoms with van der Waals surface area (Å²) in [5.74, 6) is 1.16. The van der Waals surface area contributed by atoms with Crippen LogP contribution >= 0.6 is 11.6 Å². The van der Waals surface area contributed by atoms with Gasteiger partial charge in [-0.15, -0.1) is 0 Å². The quantitative estimate of drug-likeness (QED) is 0.706. The van der Waals surface area contributed by atoms with Gasteiger partial charge in [-0.25, -0.2) is 4.39 Å². The van der Waals surface area contributed by atoms with Crippen molar-refractivity contribution in [3.05, 3.63) is 52.7 Å². The van der Waals surface area contributed by atoms with Gasteiger partial charge >= 0.3 is 0 Å². The molecular weight excluding hydrogens is 379 g/mol. The number of fused-ring (bicyclic) bond motifs is 2. The highest BCUT2D eigenvalue weighted by atomic mass is 35.5. The number of hydrogen-bond acceptors (Lipinski definition) is 4. The average Bonchev–Trinajstić information content (AvgIpc) is 3.23. The van der Waals surface area contributed by atoms with E-state index in [4.69, 9.17) is 20.9 Å². The molecule has 1 aliphatic carbocycles. The van der Waals surface area contributed by atoms with Crippen molar-refractivity contribution in [1.82, 2.24) is 10.1 Å². The number of aromatic nitrogens is 1. The largest absolute Gasteiger partial charge is 0.488 e. The molecule has 0 bridgehead atoms. The van der Waals surface area contributed by atoms with Crippen LogP contribution in [0.4, 0.5) is 4.39 Å². The van der Waals surface area contributed by atoms with Gasteiger partial charge in [-0.2, -0.15) is 0 Å². The van der Waals surface area contributed by atoms with Gasteiger partial charge in [-0.3, -0.25) is 4.90 Å². The summed E-state index contributed by atoms with van der Waals surface area (Å²) in [5, 5.41) is 5.82. The number of hydrogen-bond donors (Lipinski definition) is 0. The molecule has 3 heterocycles. The highest BCUT2D eigenvalue weighted by Gasteiger charge is 2.47. The monoisotopic (exact) mass is 402 g/mol. The summed E-state index contributed by atoms with van der Waals surface area (Å²) in [6, 6.07) is 4.61. The first-order valence-electron chi connectivity index (χ1n) is 10.1. The molecule has 2 aliphatic heterocycles. The Bertz CT molecular complexity index is 953. The highest BCUT2D eigenvalue weighted by Crippen LogP contribution is 2.47. The Balaban J connectivity index is 1.20. The van der Waals surface area contributed by atoms with Gasteiger partial charge in [0, 0.05) is 23.9 Å². The molecule has 2 aromatic rings. The average molecular weight is 403 g/mol. The van der Waals surface area contributed by atoms with Crippen LogP contribution in [0.15, 0.2) is 45.7 Å². The highest BCUT2D eigenvalue weighted by molar-refractivity contribution is 6.31. The van der Waals surface area contributed by atoms with Crippen molar-refractivity contribution in [3.63, 3.8) is 0 Å². The molecule has 28 heavy (non-hydrogen) atoms. The number of ether oxygens (including phenoxy) is 1. The number of halogens is 2. The SMILES string of the molecule is Fc1ccc2c(CCCN3CCCC4(CC5CC=CC(Cl)=C5O4)C3)noc2c1. The lowest BCUT2D eigenvalue weighted by atomic mass is 9.84. The van der Waals surface area contributed by atoms with Gasteiger partial charge in [0.1, 0.15) is 17.2 Å². The Morgan fingerprint density at radius 1 is 1.36 bits per heavy atom. The first kappa shape index (κ1) is 18.2. The molecule has 0 N–H and O–H groups in total. The van der Waals surface area contributed by atoms with E-state index < -0.39 is 0 Å². The van der Waals surface area contributed by atoms with Crippen LogP contribution in [0.25, 0.3) is 11.0 Å². The molecule has 1 aromatic heterocycles. The maximum atomic E-state index is 13.3. The van der Waals surface area contributed by atoms with E-state index in [0.29, 0.717) is 11.5 Å². The predicted molar refractivity (Wildman–Crippen MR) is 107 cm³/mol. The molecule has 0 amide bonds. The standard InChI is InChI=1S/C22H24ClFN2O2/c23-18-5-1-4-15-13-22(27-21(15)18)9-3-11-26(14-22)10-2-6-19-17-8-7-16(24)12-20(17)28-25-19/h1,5,7-8,12,15H,2-4,6,9-11,13-14H2. The van der Waals surface area contributed by atoms with Crippen molar-refractivity contribution >= 4 is 22.6 Å². The summed E-state index contributed by atoms with van der Waals surface area (Å²) >= 11 is 6.37. The fourth-order valence-corrected chi connectivity index (χ4v) is 5.28. The third-order valence-corrected chi connectivity index (χ3v) is 6.56. The number of likely N-dealkylation sites (tertiary alicyclic amines) is 1. The second kappa shape index (κ2) is 7.20. The van der Waals surface area contributed by atoms with E-state index in [-0.39, 0.29) is 11.4 Å². The number of aryl methyl sites for hydroxylation is 1. The van der Waals surface area contributed by atoms with E-state index in [1.165, 1.54) is 12.1 Å². The van der Waals surface area contributed by atoms with Crippen LogP contribution in [-0.4, -0.2) is 35.3 Å². The zero-order valence-electron chi connectivity index (χ0n) is 15.8. The van der Waals surface area contributed by atoms with Gasteiger partial charge in [-0.05, 0) is 69.8 Å². The Hall–Kier alpha value is -1.85. The van der Waals surface area contributed by atoms with E-state index in [1.807, 2.05) is 6.08 Å². The lowest BCUT2D eigenvalue weighted by Gasteiger charge is -2.39. The molecular formula is C22H24ClFN2O2. The van der Waals surface area contributed by atoms with E-state index in [1.54, 1.807) is 6.07 Å². The molecule has 3 aliphatic rings. The lowest BCUT2D eigenvalue weighted by molar-refractivity contribution is -0.0279. The molecule has 6 heteroatoms. The molecule has 0 saturated carbocycles. The maximum absolute atomic E-state index is 13.3. The minimum absolute atomic E-state index is 0.0808. The molecule has 148 valence electrons. The van der Waals surface area contributed by atoms with Crippen molar-refractivity contribution in [2.75, 3.05) is 19.6 Å². The first-order valence-corrected chi connectivity index (χ1v) is 10.5.